The summed E-state index contributed by atoms with van der Waals surface area (Å²) in [5.74, 6) is -0.290. The van der Waals surface area contributed by atoms with Crippen LogP contribution in [0.25, 0.3) is 0 Å². The third-order valence-corrected chi connectivity index (χ3v) is 3.16. The molecule has 1 aromatic carbocycles. The highest BCUT2D eigenvalue weighted by Crippen LogP contribution is 2.56. The Morgan fingerprint density at radius 1 is 1.29 bits per heavy atom. The van der Waals surface area contributed by atoms with Crippen molar-refractivity contribution in [2.45, 2.75) is 18.3 Å². The Labute approximate surface area is 98.6 Å². The summed E-state index contributed by atoms with van der Waals surface area (Å²) in [6, 6.07) is 2.98. The first-order chi connectivity index (χ1) is 8.06. The van der Waals surface area contributed by atoms with Crippen molar-refractivity contribution in [3.63, 3.8) is 0 Å². The van der Waals surface area contributed by atoms with Gasteiger partial charge >= 0.3 is 5.97 Å². The second-order valence-corrected chi connectivity index (χ2v) is 4.08. The van der Waals surface area contributed by atoms with Crippen molar-refractivity contribution >= 4 is 5.97 Å². The zero-order valence-corrected chi connectivity index (χ0v) is 9.69. The molecule has 1 aliphatic rings. The van der Waals surface area contributed by atoms with E-state index < -0.39 is 11.4 Å². The maximum absolute atomic E-state index is 11.3. The third kappa shape index (κ3) is 1.58. The van der Waals surface area contributed by atoms with Crippen molar-refractivity contribution in [1.29, 1.82) is 0 Å². The molecule has 1 aromatic rings. The summed E-state index contributed by atoms with van der Waals surface area (Å²) < 4.78 is 10.3. The minimum atomic E-state index is -1.02. The molecule has 2 rings (SSSR count). The molecule has 0 unspecified atom stereocenters. The third-order valence-electron chi connectivity index (χ3n) is 3.16. The zero-order valence-electron chi connectivity index (χ0n) is 9.69. The molecular weight excluding hydrogens is 224 g/mol. The molecule has 0 atom stereocenters. The van der Waals surface area contributed by atoms with Crippen molar-refractivity contribution in [1.82, 2.24) is 0 Å². The first kappa shape index (κ1) is 11.6. The van der Waals surface area contributed by atoms with Crippen LogP contribution in [0.3, 0.4) is 0 Å². The lowest BCUT2D eigenvalue weighted by Crippen LogP contribution is -2.20. The van der Waals surface area contributed by atoms with Crippen LogP contribution in [0.2, 0.25) is 0 Å². The number of ether oxygens (including phenoxy) is 2. The molecule has 5 nitrogen and oxygen atoms in total. The average Bonchev–Trinajstić information content (AvgIpc) is 3.09. The molecule has 92 valence electrons. The average molecular weight is 238 g/mol. The Hall–Kier alpha value is -1.91. The number of hydrogen-bond donors (Lipinski definition) is 2. The predicted octanol–water partition coefficient (Wildman–Crippen LogP) is 1.53. The Balaban J connectivity index is 2.63. The summed E-state index contributed by atoms with van der Waals surface area (Å²) in [4.78, 5) is 11.3. The Morgan fingerprint density at radius 2 is 1.94 bits per heavy atom. The van der Waals surface area contributed by atoms with Gasteiger partial charge in [-0.15, -0.1) is 0 Å². The summed E-state index contributed by atoms with van der Waals surface area (Å²) in [6.07, 6.45) is 0.999. The number of aliphatic carboxylic acids is 1. The quantitative estimate of drug-likeness (QED) is 0.831. The van der Waals surface area contributed by atoms with Crippen molar-refractivity contribution in [2.24, 2.45) is 0 Å². The minimum absolute atomic E-state index is 0.0671. The van der Waals surface area contributed by atoms with Crippen LogP contribution in [-0.2, 0) is 10.2 Å². The van der Waals surface area contributed by atoms with Crippen LogP contribution < -0.4 is 9.47 Å². The van der Waals surface area contributed by atoms with Crippen molar-refractivity contribution < 1.29 is 24.5 Å². The van der Waals surface area contributed by atoms with E-state index in [0.717, 1.165) is 0 Å². The fourth-order valence-electron chi connectivity index (χ4n) is 2.07. The number of rotatable bonds is 4. The molecule has 0 spiro atoms. The molecule has 0 aromatic heterocycles. The Morgan fingerprint density at radius 3 is 2.35 bits per heavy atom. The van der Waals surface area contributed by atoms with E-state index in [4.69, 9.17) is 9.47 Å². The van der Waals surface area contributed by atoms with Crippen molar-refractivity contribution in [3.05, 3.63) is 17.7 Å². The first-order valence-corrected chi connectivity index (χ1v) is 5.24. The molecule has 1 fully saturated rings. The van der Waals surface area contributed by atoms with Crippen LogP contribution in [0.15, 0.2) is 12.1 Å². The maximum Gasteiger partial charge on any atom is 0.314 e. The van der Waals surface area contributed by atoms with Crippen LogP contribution in [0, 0.1) is 0 Å². The molecule has 2 N–H and O–H groups in total. The lowest BCUT2D eigenvalue weighted by Gasteiger charge is -2.18. The van der Waals surface area contributed by atoms with E-state index in [0.29, 0.717) is 29.9 Å². The van der Waals surface area contributed by atoms with Gasteiger partial charge in [-0.3, -0.25) is 4.79 Å². The van der Waals surface area contributed by atoms with E-state index in [-0.39, 0.29) is 5.75 Å². The number of aromatic hydroxyl groups is 1. The van der Waals surface area contributed by atoms with Crippen LogP contribution >= 0.6 is 0 Å². The van der Waals surface area contributed by atoms with Gasteiger partial charge in [-0.05, 0) is 25.0 Å². The summed E-state index contributed by atoms with van der Waals surface area (Å²) in [6.45, 7) is 0. The van der Waals surface area contributed by atoms with E-state index in [2.05, 4.69) is 0 Å². The molecule has 0 saturated heterocycles. The second-order valence-electron chi connectivity index (χ2n) is 4.08. The molecule has 17 heavy (non-hydrogen) atoms. The number of carboxylic acid groups (broad SMARTS) is 1. The first-order valence-electron chi connectivity index (χ1n) is 5.24. The fraction of sp³-hybridized carbons (Fsp3) is 0.417. The highest BCUT2D eigenvalue weighted by molar-refractivity contribution is 5.87. The lowest BCUT2D eigenvalue weighted by atomic mass is 9.93. The van der Waals surface area contributed by atoms with Crippen LogP contribution in [-0.4, -0.2) is 30.4 Å². The lowest BCUT2D eigenvalue weighted by molar-refractivity contribution is -0.140. The van der Waals surface area contributed by atoms with Gasteiger partial charge in [0.1, 0.15) is 11.2 Å². The normalized spacial score (nSPS) is 16.4. The summed E-state index contributed by atoms with van der Waals surface area (Å²) >= 11 is 0. The molecular formula is C12H14O5. The fourth-order valence-corrected chi connectivity index (χ4v) is 2.07. The predicted molar refractivity (Wildman–Crippen MR) is 59.8 cm³/mol. The second kappa shape index (κ2) is 3.84. The standard InChI is InChI=1S/C12H14O5/c1-16-8-4-3-7(13)9(10(8)17-2)12(5-6-12)11(14)15/h3-4,13H,5-6H2,1-2H3,(H,14,15). The number of carbonyl (C=O) groups is 1. The number of carboxylic acids is 1. The van der Waals surface area contributed by atoms with Crippen molar-refractivity contribution in [2.75, 3.05) is 14.2 Å². The van der Waals surface area contributed by atoms with Gasteiger partial charge in [0.2, 0.25) is 0 Å². The van der Waals surface area contributed by atoms with Crippen LogP contribution in [0.5, 0.6) is 17.2 Å². The minimum Gasteiger partial charge on any atom is -0.507 e. The molecule has 0 aliphatic heterocycles. The number of phenolic OH excluding ortho intramolecular Hbond substituents is 1. The number of methoxy groups -OCH3 is 2. The van der Waals surface area contributed by atoms with E-state index in [1.807, 2.05) is 0 Å². The summed E-state index contributed by atoms with van der Waals surface area (Å²) in [7, 11) is 2.90. The van der Waals surface area contributed by atoms with Crippen molar-refractivity contribution in [3.8, 4) is 17.2 Å². The highest BCUT2D eigenvalue weighted by Gasteiger charge is 2.55. The van der Waals surface area contributed by atoms with Gasteiger partial charge in [-0.1, -0.05) is 0 Å². The molecule has 0 radical (unpaired) electrons. The van der Waals surface area contributed by atoms with Gasteiger partial charge < -0.3 is 19.7 Å². The summed E-state index contributed by atoms with van der Waals surface area (Å²) in [5, 5.41) is 19.1. The van der Waals surface area contributed by atoms with Crippen LogP contribution in [0.1, 0.15) is 18.4 Å². The van der Waals surface area contributed by atoms with E-state index >= 15 is 0 Å². The highest BCUT2D eigenvalue weighted by atomic mass is 16.5. The topological polar surface area (TPSA) is 76.0 Å². The molecule has 1 saturated carbocycles. The molecule has 0 heterocycles. The van der Waals surface area contributed by atoms with Gasteiger partial charge in [-0.25, -0.2) is 0 Å². The number of phenols is 1. The molecule has 0 bridgehead atoms. The zero-order chi connectivity index (χ0) is 12.6. The van der Waals surface area contributed by atoms with Gasteiger partial charge in [0.15, 0.2) is 11.5 Å². The Bertz CT molecular complexity index is 462. The number of benzene rings is 1. The van der Waals surface area contributed by atoms with E-state index in [9.17, 15) is 15.0 Å². The van der Waals surface area contributed by atoms with E-state index in [1.165, 1.54) is 20.3 Å². The molecule has 0 amide bonds. The summed E-state index contributed by atoms with van der Waals surface area (Å²) in [5.41, 5.74) is -0.712. The van der Waals surface area contributed by atoms with E-state index in [1.54, 1.807) is 6.07 Å². The Kier molecular flexibility index (Phi) is 2.61. The van der Waals surface area contributed by atoms with Crippen LogP contribution in [0.4, 0.5) is 0 Å². The molecule has 1 aliphatic carbocycles. The molecule has 5 heteroatoms. The monoisotopic (exact) mass is 238 g/mol. The largest absolute Gasteiger partial charge is 0.507 e. The van der Waals surface area contributed by atoms with Gasteiger partial charge in [-0.2, -0.15) is 0 Å². The SMILES string of the molecule is COc1ccc(O)c(C2(C(=O)O)CC2)c1OC. The van der Waals surface area contributed by atoms with Gasteiger partial charge in [0, 0.05) is 0 Å². The maximum atomic E-state index is 11.3. The smallest absolute Gasteiger partial charge is 0.314 e. The van der Waals surface area contributed by atoms with Gasteiger partial charge in [0.25, 0.3) is 0 Å². The van der Waals surface area contributed by atoms with Gasteiger partial charge in [0.05, 0.1) is 19.8 Å². The number of hydrogen-bond acceptors (Lipinski definition) is 4.